The van der Waals surface area contributed by atoms with Gasteiger partial charge >= 0.3 is 0 Å². The van der Waals surface area contributed by atoms with Crippen molar-refractivity contribution in [1.29, 1.82) is 0 Å². The molecule has 138 valence electrons. The quantitative estimate of drug-likeness (QED) is 0.732. The van der Waals surface area contributed by atoms with E-state index >= 15 is 0 Å². The van der Waals surface area contributed by atoms with Crippen molar-refractivity contribution in [3.8, 4) is 11.4 Å². The van der Waals surface area contributed by atoms with Crippen LogP contribution in [0.5, 0.6) is 0 Å². The van der Waals surface area contributed by atoms with Gasteiger partial charge in [-0.25, -0.2) is 0 Å². The van der Waals surface area contributed by atoms with E-state index in [0.717, 1.165) is 29.5 Å². The molecule has 0 saturated heterocycles. The fourth-order valence-electron chi connectivity index (χ4n) is 3.27. The molecule has 27 heavy (non-hydrogen) atoms. The number of carbonyl (C=O) groups is 1. The maximum atomic E-state index is 12.6. The molecule has 1 fully saturated rings. The van der Waals surface area contributed by atoms with E-state index in [4.69, 9.17) is 0 Å². The minimum Gasteiger partial charge on any atom is -0.347 e. The zero-order chi connectivity index (χ0) is 18.8. The summed E-state index contributed by atoms with van der Waals surface area (Å²) in [6.45, 7) is 4.13. The van der Waals surface area contributed by atoms with Crippen molar-refractivity contribution in [2.24, 2.45) is 5.92 Å². The first-order chi connectivity index (χ1) is 13.1. The van der Waals surface area contributed by atoms with Crippen molar-refractivity contribution >= 4 is 5.91 Å². The Morgan fingerprint density at radius 2 is 1.89 bits per heavy atom. The number of amides is 1. The van der Waals surface area contributed by atoms with Gasteiger partial charge in [-0.1, -0.05) is 54.1 Å². The summed E-state index contributed by atoms with van der Waals surface area (Å²) in [5.74, 6) is 0.960. The molecule has 4 rings (SSSR count). The molecular weight excluding hydrogens is 338 g/mol. The molecule has 6 nitrogen and oxygen atoms in total. The summed E-state index contributed by atoms with van der Waals surface area (Å²) >= 11 is 0. The molecule has 1 heterocycles. The number of nitrogens with zero attached hydrogens (tertiary/aromatic N) is 4. The van der Waals surface area contributed by atoms with Crippen LogP contribution in [0.1, 0.15) is 35.6 Å². The summed E-state index contributed by atoms with van der Waals surface area (Å²) in [4.78, 5) is 13.9. The second kappa shape index (κ2) is 7.31. The number of rotatable bonds is 6. The Morgan fingerprint density at radius 3 is 2.59 bits per heavy atom. The standard InChI is InChI=1S/C21H23N5O/c1-14-7-9-16(10-8-14)20(17-11-12-17)22-19(27)13-26-24-21(23-25-26)18-6-4-3-5-15(18)2/h3-10,17,20H,11-13H2,1-2H3,(H,22,27). The lowest BCUT2D eigenvalue weighted by Crippen LogP contribution is -2.33. The molecule has 6 heteroatoms. The number of hydrogen-bond acceptors (Lipinski definition) is 4. The second-order valence-corrected chi connectivity index (χ2v) is 7.25. The molecule has 1 aliphatic rings. The van der Waals surface area contributed by atoms with Gasteiger partial charge < -0.3 is 5.32 Å². The van der Waals surface area contributed by atoms with Gasteiger partial charge in [-0.15, -0.1) is 10.2 Å². The molecule has 1 amide bonds. The van der Waals surface area contributed by atoms with E-state index < -0.39 is 0 Å². The first kappa shape index (κ1) is 17.4. The van der Waals surface area contributed by atoms with Gasteiger partial charge in [0.25, 0.3) is 0 Å². The van der Waals surface area contributed by atoms with Gasteiger partial charge in [0.05, 0.1) is 6.04 Å². The van der Waals surface area contributed by atoms with E-state index in [0.29, 0.717) is 11.7 Å². The largest absolute Gasteiger partial charge is 0.347 e. The Kier molecular flexibility index (Phi) is 4.71. The molecule has 3 aromatic rings. The molecule has 1 saturated carbocycles. The highest BCUT2D eigenvalue weighted by Gasteiger charge is 2.33. The fraction of sp³-hybridized carbons (Fsp3) is 0.333. The normalized spacial score (nSPS) is 14.7. The third-order valence-electron chi connectivity index (χ3n) is 4.97. The molecule has 0 bridgehead atoms. The molecule has 1 aliphatic carbocycles. The fourth-order valence-corrected chi connectivity index (χ4v) is 3.27. The predicted molar refractivity (Wildman–Crippen MR) is 103 cm³/mol. The van der Waals surface area contributed by atoms with Crippen LogP contribution in [0.3, 0.4) is 0 Å². The monoisotopic (exact) mass is 361 g/mol. The summed E-state index contributed by atoms with van der Waals surface area (Å²) in [7, 11) is 0. The van der Waals surface area contributed by atoms with Gasteiger partial charge in [-0.05, 0) is 48.9 Å². The Balaban J connectivity index is 1.44. The molecule has 0 aliphatic heterocycles. The Labute approximate surface area is 158 Å². The van der Waals surface area contributed by atoms with Crippen molar-refractivity contribution in [3.63, 3.8) is 0 Å². The van der Waals surface area contributed by atoms with E-state index in [-0.39, 0.29) is 18.5 Å². The summed E-state index contributed by atoms with van der Waals surface area (Å²) in [5.41, 5.74) is 4.38. The van der Waals surface area contributed by atoms with Gasteiger partial charge in [-0.2, -0.15) is 4.80 Å². The molecular formula is C21H23N5O. The van der Waals surface area contributed by atoms with Gasteiger partial charge in [0, 0.05) is 5.56 Å². The van der Waals surface area contributed by atoms with E-state index in [2.05, 4.69) is 51.9 Å². The maximum Gasteiger partial charge on any atom is 0.244 e. The minimum absolute atomic E-state index is 0.0532. The van der Waals surface area contributed by atoms with E-state index in [1.54, 1.807) is 0 Å². The van der Waals surface area contributed by atoms with E-state index in [1.807, 2.05) is 31.2 Å². The average molecular weight is 361 g/mol. The number of tetrazole rings is 1. The first-order valence-corrected chi connectivity index (χ1v) is 9.30. The number of nitrogens with one attached hydrogen (secondary N) is 1. The van der Waals surface area contributed by atoms with Crippen molar-refractivity contribution < 1.29 is 4.79 Å². The summed E-state index contributed by atoms with van der Waals surface area (Å²) < 4.78 is 0. The molecule has 0 radical (unpaired) electrons. The number of benzene rings is 2. The molecule has 1 aromatic heterocycles. The van der Waals surface area contributed by atoms with Gasteiger partial charge in [0.2, 0.25) is 11.7 Å². The molecule has 1 N–H and O–H groups in total. The van der Waals surface area contributed by atoms with Crippen molar-refractivity contribution in [2.45, 2.75) is 39.3 Å². The minimum atomic E-state index is -0.0961. The van der Waals surface area contributed by atoms with E-state index in [1.165, 1.54) is 10.4 Å². The van der Waals surface area contributed by atoms with Crippen LogP contribution in [-0.4, -0.2) is 26.1 Å². The number of carbonyl (C=O) groups excluding carboxylic acids is 1. The lowest BCUT2D eigenvalue weighted by Gasteiger charge is -2.18. The highest BCUT2D eigenvalue weighted by Crippen LogP contribution is 2.41. The molecule has 2 aromatic carbocycles. The number of aromatic nitrogens is 4. The third kappa shape index (κ3) is 4.05. The highest BCUT2D eigenvalue weighted by atomic mass is 16.2. The SMILES string of the molecule is Cc1ccc(C(NC(=O)Cn2nnc(-c3ccccc3C)n2)C2CC2)cc1. The lowest BCUT2D eigenvalue weighted by atomic mass is 10.0. The maximum absolute atomic E-state index is 12.6. The Bertz CT molecular complexity index is 943. The van der Waals surface area contributed by atoms with Crippen LogP contribution in [0.25, 0.3) is 11.4 Å². The summed E-state index contributed by atoms with van der Waals surface area (Å²) in [5, 5.41) is 15.7. The average Bonchev–Trinajstić information content (AvgIpc) is 3.40. The van der Waals surface area contributed by atoms with E-state index in [9.17, 15) is 4.79 Å². The predicted octanol–water partition coefficient (Wildman–Crippen LogP) is 3.22. The zero-order valence-corrected chi connectivity index (χ0v) is 15.6. The number of hydrogen-bond donors (Lipinski definition) is 1. The first-order valence-electron chi connectivity index (χ1n) is 9.30. The Morgan fingerprint density at radius 1 is 1.15 bits per heavy atom. The third-order valence-corrected chi connectivity index (χ3v) is 4.97. The van der Waals surface area contributed by atoms with Crippen LogP contribution < -0.4 is 5.32 Å². The van der Waals surface area contributed by atoms with Gasteiger partial charge in [0.15, 0.2) is 0 Å². The lowest BCUT2D eigenvalue weighted by molar-refractivity contribution is -0.123. The van der Waals surface area contributed by atoms with Crippen LogP contribution in [-0.2, 0) is 11.3 Å². The van der Waals surface area contributed by atoms with Crippen LogP contribution in [0.2, 0.25) is 0 Å². The molecule has 0 spiro atoms. The summed E-state index contributed by atoms with van der Waals surface area (Å²) in [6.07, 6.45) is 2.30. The van der Waals surface area contributed by atoms with Crippen LogP contribution >= 0.6 is 0 Å². The van der Waals surface area contributed by atoms with Gasteiger partial charge in [-0.3, -0.25) is 4.79 Å². The van der Waals surface area contributed by atoms with Crippen molar-refractivity contribution in [3.05, 3.63) is 65.2 Å². The summed E-state index contributed by atoms with van der Waals surface area (Å²) in [6, 6.07) is 16.3. The van der Waals surface area contributed by atoms with Gasteiger partial charge in [0.1, 0.15) is 6.54 Å². The highest BCUT2D eigenvalue weighted by molar-refractivity contribution is 5.76. The van der Waals surface area contributed by atoms with Crippen molar-refractivity contribution in [2.75, 3.05) is 0 Å². The Hall–Kier alpha value is -3.02. The molecule has 1 unspecified atom stereocenters. The molecule has 1 atom stereocenters. The smallest absolute Gasteiger partial charge is 0.244 e. The van der Waals surface area contributed by atoms with Crippen molar-refractivity contribution in [1.82, 2.24) is 25.5 Å². The van der Waals surface area contributed by atoms with Crippen LogP contribution in [0, 0.1) is 19.8 Å². The second-order valence-electron chi connectivity index (χ2n) is 7.25. The van der Waals surface area contributed by atoms with Crippen LogP contribution in [0.15, 0.2) is 48.5 Å². The topological polar surface area (TPSA) is 72.7 Å². The van der Waals surface area contributed by atoms with Crippen LogP contribution in [0.4, 0.5) is 0 Å². The zero-order valence-electron chi connectivity index (χ0n) is 15.6. The number of aryl methyl sites for hydroxylation is 2.